The number of rotatable bonds is 4. The third kappa shape index (κ3) is 5.21. The Labute approximate surface area is 215 Å². The maximum atomic E-state index is 14.9. The number of ether oxygens (including phenoxy) is 1. The predicted molar refractivity (Wildman–Crippen MR) is 132 cm³/mol. The molecule has 0 bridgehead atoms. The molecule has 5 nitrogen and oxygen atoms in total. The number of nitrogens with zero attached hydrogens (tertiary/aromatic N) is 3. The first-order chi connectivity index (χ1) is 17.7. The number of benzene rings is 2. The summed E-state index contributed by atoms with van der Waals surface area (Å²) >= 11 is 0. The number of halogens is 4. The molecule has 0 radical (unpaired) electrons. The number of carbonyl (C=O) groups is 1. The van der Waals surface area contributed by atoms with Crippen molar-refractivity contribution in [3.63, 3.8) is 0 Å². The highest BCUT2D eigenvalue weighted by Gasteiger charge is 2.45. The van der Waals surface area contributed by atoms with Crippen molar-refractivity contribution in [1.29, 1.82) is 0 Å². The standard InChI is InChI=1S/C28H33F4N3O2/c1-17-13-34(14-18(2)35(17)21-4-6-25(30)27(32)12-21)28(36)24-16-33(20-7-9-37-10-8-20)15-23(24)22-5-3-19(29)11-26(22)31/h3-6,11-12,17-18,20,23-24H,7-10,13-16H2,1-2H3/t17-,18+,23?,24?. The lowest BCUT2D eigenvalue weighted by atomic mass is 9.87. The molecular weight excluding hydrogens is 486 g/mol. The average Bonchev–Trinajstić information content (AvgIpc) is 3.31. The van der Waals surface area contributed by atoms with Gasteiger partial charge in [-0.2, -0.15) is 0 Å². The molecule has 2 unspecified atom stereocenters. The van der Waals surface area contributed by atoms with E-state index in [1.165, 1.54) is 18.2 Å². The molecule has 2 aromatic carbocycles. The predicted octanol–water partition coefficient (Wildman–Crippen LogP) is 4.56. The number of hydrogen-bond acceptors (Lipinski definition) is 4. The van der Waals surface area contributed by atoms with Gasteiger partial charge in [0.1, 0.15) is 11.6 Å². The summed E-state index contributed by atoms with van der Waals surface area (Å²) in [6.07, 6.45) is 1.72. The summed E-state index contributed by atoms with van der Waals surface area (Å²) in [5.41, 5.74) is 0.944. The third-order valence-electron chi connectivity index (χ3n) is 8.17. The molecule has 37 heavy (non-hydrogen) atoms. The van der Waals surface area contributed by atoms with Gasteiger partial charge >= 0.3 is 0 Å². The summed E-state index contributed by atoms with van der Waals surface area (Å²) in [5, 5.41) is 0. The first-order valence-corrected chi connectivity index (χ1v) is 13.0. The van der Waals surface area contributed by atoms with E-state index in [0.717, 1.165) is 25.0 Å². The highest BCUT2D eigenvalue weighted by atomic mass is 19.2. The molecule has 1 amide bonds. The molecule has 3 saturated heterocycles. The molecule has 2 aromatic rings. The fourth-order valence-electron chi connectivity index (χ4n) is 6.44. The van der Waals surface area contributed by atoms with E-state index in [2.05, 4.69) is 4.90 Å². The first kappa shape index (κ1) is 26.0. The molecule has 5 rings (SSSR count). The van der Waals surface area contributed by atoms with Crippen molar-refractivity contribution in [2.75, 3.05) is 44.3 Å². The molecule has 0 N–H and O–H groups in total. The van der Waals surface area contributed by atoms with Crippen LogP contribution in [0.25, 0.3) is 0 Å². The summed E-state index contributed by atoms with van der Waals surface area (Å²) < 4.78 is 61.5. The number of hydrogen-bond donors (Lipinski definition) is 0. The Balaban J connectivity index is 1.37. The maximum Gasteiger partial charge on any atom is 0.227 e. The van der Waals surface area contributed by atoms with Crippen molar-refractivity contribution < 1.29 is 27.1 Å². The maximum absolute atomic E-state index is 14.9. The Morgan fingerprint density at radius 1 is 0.838 bits per heavy atom. The molecule has 0 aromatic heterocycles. The van der Waals surface area contributed by atoms with Crippen LogP contribution in [-0.2, 0) is 9.53 Å². The lowest BCUT2D eigenvalue weighted by Crippen LogP contribution is -2.59. The molecule has 3 aliphatic heterocycles. The van der Waals surface area contributed by atoms with E-state index in [4.69, 9.17) is 4.74 Å². The van der Waals surface area contributed by atoms with E-state index in [0.29, 0.717) is 50.6 Å². The summed E-state index contributed by atoms with van der Waals surface area (Å²) in [5.74, 6) is -3.96. The summed E-state index contributed by atoms with van der Waals surface area (Å²) in [4.78, 5) is 20.1. The zero-order valence-electron chi connectivity index (χ0n) is 21.2. The molecule has 0 spiro atoms. The third-order valence-corrected chi connectivity index (χ3v) is 8.17. The van der Waals surface area contributed by atoms with Crippen molar-refractivity contribution in [2.24, 2.45) is 5.92 Å². The van der Waals surface area contributed by atoms with Crippen molar-refractivity contribution >= 4 is 11.6 Å². The minimum absolute atomic E-state index is 0.0491. The van der Waals surface area contributed by atoms with Crippen molar-refractivity contribution in [3.05, 3.63) is 65.2 Å². The first-order valence-electron chi connectivity index (χ1n) is 13.0. The zero-order valence-corrected chi connectivity index (χ0v) is 21.2. The molecule has 3 heterocycles. The van der Waals surface area contributed by atoms with Crippen LogP contribution in [0.5, 0.6) is 0 Å². The fourth-order valence-corrected chi connectivity index (χ4v) is 6.44. The molecule has 200 valence electrons. The molecule has 3 aliphatic rings. The topological polar surface area (TPSA) is 36.0 Å². The Morgan fingerprint density at radius 2 is 1.54 bits per heavy atom. The lowest BCUT2D eigenvalue weighted by Gasteiger charge is -2.46. The van der Waals surface area contributed by atoms with Gasteiger partial charge in [-0.1, -0.05) is 6.07 Å². The fraction of sp³-hybridized carbons (Fsp3) is 0.536. The van der Waals surface area contributed by atoms with Crippen LogP contribution in [0.4, 0.5) is 23.2 Å². The molecule has 0 saturated carbocycles. The second-order valence-corrected chi connectivity index (χ2v) is 10.6. The van der Waals surface area contributed by atoms with Gasteiger partial charge in [-0.05, 0) is 50.5 Å². The monoisotopic (exact) mass is 519 g/mol. The smallest absolute Gasteiger partial charge is 0.227 e. The average molecular weight is 520 g/mol. The summed E-state index contributed by atoms with van der Waals surface area (Å²) in [6.45, 7) is 7.10. The Hall–Kier alpha value is -2.65. The number of piperazine rings is 1. The van der Waals surface area contributed by atoms with Gasteiger partial charge in [-0.3, -0.25) is 9.69 Å². The van der Waals surface area contributed by atoms with Crippen LogP contribution >= 0.6 is 0 Å². The van der Waals surface area contributed by atoms with Crippen LogP contribution in [0.15, 0.2) is 36.4 Å². The van der Waals surface area contributed by atoms with Gasteiger partial charge in [0, 0.05) is 81.3 Å². The second kappa shape index (κ2) is 10.6. The zero-order chi connectivity index (χ0) is 26.3. The van der Waals surface area contributed by atoms with Crippen LogP contribution in [-0.4, -0.2) is 73.2 Å². The number of amides is 1. The molecular formula is C28H33F4N3O2. The second-order valence-electron chi connectivity index (χ2n) is 10.6. The van der Waals surface area contributed by atoms with Crippen LogP contribution in [0.2, 0.25) is 0 Å². The van der Waals surface area contributed by atoms with Gasteiger partial charge in [0.25, 0.3) is 0 Å². The Morgan fingerprint density at radius 3 is 2.19 bits per heavy atom. The lowest BCUT2D eigenvalue weighted by molar-refractivity contribution is -0.137. The highest BCUT2D eigenvalue weighted by molar-refractivity contribution is 5.81. The largest absolute Gasteiger partial charge is 0.381 e. The van der Waals surface area contributed by atoms with Crippen LogP contribution < -0.4 is 4.90 Å². The van der Waals surface area contributed by atoms with Crippen LogP contribution in [0.3, 0.4) is 0 Å². The normalized spacial score (nSPS) is 27.6. The van der Waals surface area contributed by atoms with Crippen molar-refractivity contribution in [2.45, 2.75) is 50.7 Å². The van der Waals surface area contributed by atoms with E-state index >= 15 is 0 Å². The van der Waals surface area contributed by atoms with Crippen molar-refractivity contribution in [3.8, 4) is 0 Å². The SMILES string of the molecule is C[C@@H]1CN(C(=O)C2CN(C3CCOCC3)CC2c2ccc(F)cc2F)C[C@H](C)N1c1ccc(F)c(F)c1. The summed E-state index contributed by atoms with van der Waals surface area (Å²) in [6, 6.07) is 7.47. The van der Waals surface area contributed by atoms with Crippen molar-refractivity contribution in [1.82, 2.24) is 9.80 Å². The Kier molecular flexibility index (Phi) is 7.45. The quantitative estimate of drug-likeness (QED) is 0.555. The summed E-state index contributed by atoms with van der Waals surface area (Å²) in [7, 11) is 0. The minimum atomic E-state index is -0.904. The van der Waals surface area contributed by atoms with E-state index in [1.54, 1.807) is 6.07 Å². The van der Waals surface area contributed by atoms with E-state index in [1.807, 2.05) is 23.6 Å². The number of anilines is 1. The van der Waals surface area contributed by atoms with E-state index in [-0.39, 0.29) is 30.0 Å². The Bertz CT molecular complexity index is 1130. The van der Waals surface area contributed by atoms with Gasteiger partial charge in [0.15, 0.2) is 11.6 Å². The van der Waals surface area contributed by atoms with Gasteiger partial charge < -0.3 is 14.5 Å². The van der Waals surface area contributed by atoms with Gasteiger partial charge in [-0.25, -0.2) is 17.6 Å². The van der Waals surface area contributed by atoms with E-state index in [9.17, 15) is 22.4 Å². The molecule has 9 heteroatoms. The molecule has 4 atom stereocenters. The van der Waals surface area contributed by atoms with Crippen LogP contribution in [0, 0.1) is 29.2 Å². The van der Waals surface area contributed by atoms with E-state index < -0.39 is 29.2 Å². The van der Waals surface area contributed by atoms with Gasteiger partial charge in [-0.15, -0.1) is 0 Å². The minimum Gasteiger partial charge on any atom is -0.381 e. The number of carbonyl (C=O) groups excluding carboxylic acids is 1. The number of likely N-dealkylation sites (tertiary alicyclic amines) is 1. The van der Waals surface area contributed by atoms with Gasteiger partial charge in [0.2, 0.25) is 5.91 Å². The van der Waals surface area contributed by atoms with Gasteiger partial charge in [0.05, 0.1) is 5.92 Å². The molecule has 0 aliphatic carbocycles. The van der Waals surface area contributed by atoms with Crippen LogP contribution in [0.1, 0.15) is 38.2 Å². The highest BCUT2D eigenvalue weighted by Crippen LogP contribution is 2.38. The molecule has 3 fully saturated rings.